The fourth-order valence-electron chi connectivity index (χ4n) is 3.86. The van der Waals surface area contributed by atoms with E-state index in [0.717, 1.165) is 4.47 Å². The quantitative estimate of drug-likeness (QED) is 0.292. The van der Waals surface area contributed by atoms with Crippen molar-refractivity contribution in [2.45, 2.75) is 26.2 Å². The molecule has 0 nitrogen and oxygen atoms in total. The third-order valence-electron chi connectivity index (χ3n) is 4.81. The van der Waals surface area contributed by atoms with Gasteiger partial charge in [-0.1, -0.05) is 97.4 Å². The maximum absolute atomic E-state index is 3.56. The van der Waals surface area contributed by atoms with E-state index in [1.54, 1.807) is 0 Å². The third kappa shape index (κ3) is 2.77. The minimum Gasteiger partial charge on any atom is -0.0616 e. The van der Waals surface area contributed by atoms with Gasteiger partial charge in [0.2, 0.25) is 0 Å². The molecule has 1 heteroatoms. The smallest absolute Gasteiger partial charge is 0.0175 e. The van der Waals surface area contributed by atoms with Crippen LogP contribution in [0.4, 0.5) is 0 Å². The molecule has 4 aromatic rings. The van der Waals surface area contributed by atoms with E-state index in [4.69, 9.17) is 0 Å². The van der Waals surface area contributed by atoms with E-state index in [0.29, 0.717) is 0 Å². The molecule has 0 aliphatic heterocycles. The molecule has 4 rings (SSSR count). The lowest BCUT2D eigenvalue weighted by Crippen LogP contribution is -2.13. The van der Waals surface area contributed by atoms with Gasteiger partial charge in [-0.2, -0.15) is 0 Å². The van der Waals surface area contributed by atoms with Crippen LogP contribution in [-0.4, -0.2) is 0 Å². The summed E-state index contributed by atoms with van der Waals surface area (Å²) in [4.78, 5) is 0. The summed E-state index contributed by atoms with van der Waals surface area (Å²) in [5, 5.41) is 5.36. The predicted octanol–water partition coefficient (Wildman–Crippen LogP) is 7.72. The van der Waals surface area contributed by atoms with Gasteiger partial charge in [0.05, 0.1) is 0 Å². The molecule has 0 amide bonds. The zero-order valence-corrected chi connectivity index (χ0v) is 16.4. The van der Waals surface area contributed by atoms with Crippen LogP contribution < -0.4 is 0 Å². The highest BCUT2D eigenvalue weighted by Gasteiger charge is 2.22. The Hall–Kier alpha value is -2.12. The summed E-state index contributed by atoms with van der Waals surface area (Å²) in [7, 11) is 0. The Bertz CT molecular complexity index is 1010. The lowest BCUT2D eigenvalue weighted by Gasteiger charge is -2.26. The molecule has 124 valence electrons. The van der Waals surface area contributed by atoms with Crippen molar-refractivity contribution in [3.8, 4) is 11.1 Å². The molecular formula is C24H21Br. The van der Waals surface area contributed by atoms with Gasteiger partial charge in [-0.15, -0.1) is 0 Å². The summed E-state index contributed by atoms with van der Waals surface area (Å²) in [6.07, 6.45) is 0. The second kappa shape index (κ2) is 6.00. The van der Waals surface area contributed by atoms with Crippen molar-refractivity contribution in [3.05, 3.63) is 82.8 Å². The lowest BCUT2D eigenvalue weighted by atomic mass is 9.78. The van der Waals surface area contributed by atoms with Gasteiger partial charge in [0, 0.05) is 4.47 Å². The summed E-state index contributed by atoms with van der Waals surface area (Å²) >= 11 is 3.56. The van der Waals surface area contributed by atoms with Gasteiger partial charge in [-0.3, -0.25) is 0 Å². The maximum atomic E-state index is 3.56. The first-order valence-corrected chi connectivity index (χ1v) is 9.46. The fourth-order valence-corrected chi connectivity index (χ4v) is 4.13. The molecule has 0 saturated heterocycles. The van der Waals surface area contributed by atoms with E-state index in [1.807, 2.05) is 0 Å². The van der Waals surface area contributed by atoms with Gasteiger partial charge in [-0.25, -0.2) is 0 Å². The SMILES string of the molecule is CC(C)(C)c1c2ccccc2c(-c2ccc(Br)cc2)c2ccccc12. The molecule has 0 bridgehead atoms. The molecule has 4 aromatic carbocycles. The van der Waals surface area contributed by atoms with Crippen LogP contribution in [0, 0.1) is 0 Å². The van der Waals surface area contributed by atoms with Crippen LogP contribution in [0.25, 0.3) is 32.7 Å². The second-order valence-corrected chi connectivity index (χ2v) is 8.51. The molecule has 0 aromatic heterocycles. The average molecular weight is 389 g/mol. The highest BCUT2D eigenvalue weighted by Crippen LogP contribution is 2.43. The Morgan fingerprint density at radius 3 is 1.48 bits per heavy atom. The van der Waals surface area contributed by atoms with Crippen molar-refractivity contribution >= 4 is 37.5 Å². The molecule has 0 heterocycles. The van der Waals surface area contributed by atoms with Crippen molar-refractivity contribution < 1.29 is 0 Å². The first-order chi connectivity index (χ1) is 12.0. The molecule has 0 spiro atoms. The van der Waals surface area contributed by atoms with Gasteiger partial charge < -0.3 is 0 Å². The Kier molecular flexibility index (Phi) is 3.92. The summed E-state index contributed by atoms with van der Waals surface area (Å²) in [5.74, 6) is 0. The number of fused-ring (bicyclic) bond motifs is 2. The Morgan fingerprint density at radius 1 is 0.600 bits per heavy atom. The van der Waals surface area contributed by atoms with E-state index in [2.05, 4.69) is 109 Å². The summed E-state index contributed by atoms with van der Waals surface area (Å²) in [6.45, 7) is 6.92. The van der Waals surface area contributed by atoms with Crippen LogP contribution >= 0.6 is 15.9 Å². The highest BCUT2D eigenvalue weighted by atomic mass is 79.9. The fraction of sp³-hybridized carbons (Fsp3) is 0.167. The largest absolute Gasteiger partial charge is 0.0616 e. The molecule has 0 aliphatic rings. The second-order valence-electron chi connectivity index (χ2n) is 7.60. The van der Waals surface area contributed by atoms with Crippen molar-refractivity contribution in [1.82, 2.24) is 0 Å². The standard InChI is InChI=1S/C24H21Br/c1-24(2,3)23-20-10-6-4-8-18(20)22(16-12-14-17(25)15-13-16)19-9-5-7-11-21(19)23/h4-15H,1-3H3. The van der Waals surface area contributed by atoms with Crippen molar-refractivity contribution in [2.24, 2.45) is 0 Å². The normalized spacial score (nSPS) is 12.0. The van der Waals surface area contributed by atoms with Crippen LogP contribution in [0.15, 0.2) is 77.3 Å². The maximum Gasteiger partial charge on any atom is 0.0175 e. The van der Waals surface area contributed by atoms with Crippen LogP contribution in [0.5, 0.6) is 0 Å². The number of rotatable bonds is 1. The predicted molar refractivity (Wildman–Crippen MR) is 113 cm³/mol. The monoisotopic (exact) mass is 388 g/mol. The number of halogens is 1. The summed E-state index contributed by atoms with van der Waals surface area (Å²) < 4.78 is 1.11. The van der Waals surface area contributed by atoms with Gasteiger partial charge in [0.1, 0.15) is 0 Å². The van der Waals surface area contributed by atoms with Crippen molar-refractivity contribution in [1.29, 1.82) is 0 Å². The minimum atomic E-state index is 0.0808. The Labute approximate surface area is 157 Å². The number of hydrogen-bond acceptors (Lipinski definition) is 0. The zero-order valence-electron chi connectivity index (χ0n) is 14.8. The molecule has 0 radical (unpaired) electrons. The number of hydrogen-bond donors (Lipinski definition) is 0. The van der Waals surface area contributed by atoms with Crippen molar-refractivity contribution in [3.63, 3.8) is 0 Å². The molecule has 0 N–H and O–H groups in total. The first-order valence-electron chi connectivity index (χ1n) is 8.67. The Morgan fingerprint density at radius 2 is 1.04 bits per heavy atom. The molecule has 0 fully saturated rings. The topological polar surface area (TPSA) is 0 Å². The van der Waals surface area contributed by atoms with E-state index < -0.39 is 0 Å². The molecule has 0 saturated carbocycles. The van der Waals surface area contributed by atoms with Gasteiger partial charge in [0.25, 0.3) is 0 Å². The molecular weight excluding hydrogens is 368 g/mol. The van der Waals surface area contributed by atoms with Crippen LogP contribution in [0.1, 0.15) is 26.3 Å². The lowest BCUT2D eigenvalue weighted by molar-refractivity contribution is 0.601. The van der Waals surface area contributed by atoms with Crippen molar-refractivity contribution in [2.75, 3.05) is 0 Å². The van der Waals surface area contributed by atoms with Gasteiger partial charge in [0.15, 0.2) is 0 Å². The van der Waals surface area contributed by atoms with Gasteiger partial charge in [-0.05, 0) is 55.8 Å². The van der Waals surface area contributed by atoms with E-state index >= 15 is 0 Å². The van der Waals surface area contributed by atoms with E-state index in [9.17, 15) is 0 Å². The molecule has 0 atom stereocenters. The summed E-state index contributed by atoms with van der Waals surface area (Å²) in [6, 6.07) is 26.3. The highest BCUT2D eigenvalue weighted by molar-refractivity contribution is 9.10. The van der Waals surface area contributed by atoms with E-state index in [1.165, 1.54) is 38.2 Å². The average Bonchev–Trinajstić information content (AvgIpc) is 2.59. The van der Waals surface area contributed by atoms with Gasteiger partial charge >= 0.3 is 0 Å². The van der Waals surface area contributed by atoms with E-state index in [-0.39, 0.29) is 5.41 Å². The minimum absolute atomic E-state index is 0.0808. The van der Waals surface area contributed by atoms with Crippen LogP contribution in [0.2, 0.25) is 0 Å². The molecule has 25 heavy (non-hydrogen) atoms. The van der Waals surface area contributed by atoms with Crippen LogP contribution in [0.3, 0.4) is 0 Å². The zero-order chi connectivity index (χ0) is 17.6. The third-order valence-corrected chi connectivity index (χ3v) is 5.34. The number of benzene rings is 4. The first kappa shape index (κ1) is 16.4. The molecule has 0 aliphatic carbocycles. The Balaban J connectivity index is 2.25. The summed E-state index contributed by atoms with van der Waals surface area (Å²) in [5.41, 5.74) is 4.10. The molecule has 0 unspecified atom stereocenters. The van der Waals surface area contributed by atoms with Crippen LogP contribution in [-0.2, 0) is 5.41 Å².